The second kappa shape index (κ2) is 6.82. The number of nitrogens with two attached hydrogens (primary N) is 1. The summed E-state index contributed by atoms with van der Waals surface area (Å²) in [6.07, 6.45) is 0. The first-order valence-electron chi connectivity index (χ1n) is 6.32. The fraction of sp³-hybridized carbons (Fsp3) is 0.188. The number of hydrogen-bond donors (Lipinski definition) is 1. The molecular formula is C16H16ClNOS. The maximum absolute atomic E-state index is 10.8. The average molecular weight is 306 g/mol. The Labute approximate surface area is 128 Å². The van der Waals surface area contributed by atoms with E-state index in [9.17, 15) is 4.79 Å². The maximum atomic E-state index is 10.8. The molecule has 0 heterocycles. The monoisotopic (exact) mass is 305 g/mol. The molecule has 0 radical (unpaired) electrons. The highest BCUT2D eigenvalue weighted by atomic mass is 35.5. The Bertz CT molecular complexity index is 598. The summed E-state index contributed by atoms with van der Waals surface area (Å²) in [6.45, 7) is 2.07. The van der Waals surface area contributed by atoms with Gasteiger partial charge in [-0.05, 0) is 24.1 Å². The Morgan fingerprint density at radius 1 is 1.20 bits per heavy atom. The van der Waals surface area contributed by atoms with Crippen LogP contribution in [0, 0.1) is 0 Å². The average Bonchev–Trinajstić information content (AvgIpc) is 2.45. The molecule has 0 aliphatic heterocycles. The van der Waals surface area contributed by atoms with Crippen molar-refractivity contribution in [3.8, 4) is 11.1 Å². The van der Waals surface area contributed by atoms with E-state index in [2.05, 4.69) is 31.2 Å². The van der Waals surface area contributed by atoms with Gasteiger partial charge < -0.3 is 5.73 Å². The zero-order valence-electron chi connectivity index (χ0n) is 11.2. The van der Waals surface area contributed by atoms with Crippen molar-refractivity contribution >= 4 is 29.3 Å². The highest BCUT2D eigenvalue weighted by Gasteiger charge is 2.08. The molecule has 20 heavy (non-hydrogen) atoms. The first kappa shape index (κ1) is 14.9. The number of hydrogen-bond acceptors (Lipinski definition) is 2. The third-order valence-corrected chi connectivity index (χ3v) is 4.59. The van der Waals surface area contributed by atoms with Crippen LogP contribution >= 0.6 is 23.4 Å². The third-order valence-electron chi connectivity index (χ3n) is 3.04. The molecule has 0 saturated heterocycles. The van der Waals surface area contributed by atoms with E-state index in [1.165, 1.54) is 5.56 Å². The predicted molar refractivity (Wildman–Crippen MR) is 87.0 cm³/mol. The summed E-state index contributed by atoms with van der Waals surface area (Å²) < 4.78 is 0. The Morgan fingerprint density at radius 3 is 2.45 bits per heavy atom. The van der Waals surface area contributed by atoms with Gasteiger partial charge in [0.15, 0.2) is 0 Å². The van der Waals surface area contributed by atoms with Crippen molar-refractivity contribution in [1.29, 1.82) is 0 Å². The van der Waals surface area contributed by atoms with Gasteiger partial charge in [0.05, 0.1) is 5.75 Å². The van der Waals surface area contributed by atoms with Crippen molar-refractivity contribution < 1.29 is 4.79 Å². The lowest BCUT2D eigenvalue weighted by atomic mass is 10.0. The maximum Gasteiger partial charge on any atom is 0.227 e. The standard InChI is InChI=1S/C16H16ClNOS/c1-11(20-10-16(18)19)12-6-8-13(9-7-12)14-4-2-3-5-15(14)17/h2-9,11H,10H2,1H3,(H2,18,19). The van der Waals surface area contributed by atoms with Crippen molar-refractivity contribution in [1.82, 2.24) is 0 Å². The van der Waals surface area contributed by atoms with E-state index in [1.54, 1.807) is 11.8 Å². The van der Waals surface area contributed by atoms with Crippen molar-refractivity contribution in [3.63, 3.8) is 0 Å². The van der Waals surface area contributed by atoms with Crippen molar-refractivity contribution in [2.75, 3.05) is 5.75 Å². The molecular weight excluding hydrogens is 290 g/mol. The van der Waals surface area contributed by atoms with Crippen LogP contribution in [0.2, 0.25) is 5.02 Å². The van der Waals surface area contributed by atoms with E-state index in [0.717, 1.165) is 16.1 Å². The predicted octanol–water partition coefficient (Wildman–Crippen LogP) is 4.29. The van der Waals surface area contributed by atoms with E-state index in [4.69, 9.17) is 17.3 Å². The summed E-state index contributed by atoms with van der Waals surface area (Å²) in [5.74, 6) is 0.0579. The summed E-state index contributed by atoms with van der Waals surface area (Å²) in [4.78, 5) is 10.8. The molecule has 0 fully saturated rings. The van der Waals surface area contributed by atoms with Gasteiger partial charge in [-0.2, -0.15) is 0 Å². The summed E-state index contributed by atoms with van der Waals surface area (Å²) in [7, 11) is 0. The van der Waals surface area contributed by atoms with Crippen molar-refractivity contribution in [2.24, 2.45) is 5.73 Å². The van der Waals surface area contributed by atoms with Crippen molar-refractivity contribution in [3.05, 3.63) is 59.1 Å². The first-order chi connectivity index (χ1) is 9.58. The third kappa shape index (κ3) is 3.78. The largest absolute Gasteiger partial charge is 0.369 e. The minimum Gasteiger partial charge on any atom is -0.369 e. The lowest BCUT2D eigenvalue weighted by molar-refractivity contribution is -0.115. The van der Waals surface area contributed by atoms with Gasteiger partial charge in [0.25, 0.3) is 0 Å². The molecule has 0 aromatic heterocycles. The van der Waals surface area contributed by atoms with Crippen LogP contribution in [0.3, 0.4) is 0 Å². The van der Waals surface area contributed by atoms with Gasteiger partial charge in [-0.3, -0.25) is 4.79 Å². The second-order valence-corrected chi connectivity index (χ2v) is 6.26. The number of benzene rings is 2. The van der Waals surface area contributed by atoms with Gasteiger partial charge >= 0.3 is 0 Å². The summed E-state index contributed by atoms with van der Waals surface area (Å²) >= 11 is 7.73. The molecule has 1 atom stereocenters. The quantitative estimate of drug-likeness (QED) is 0.895. The second-order valence-electron chi connectivity index (χ2n) is 4.52. The van der Waals surface area contributed by atoms with Crippen LogP contribution < -0.4 is 5.73 Å². The van der Waals surface area contributed by atoms with Crippen LogP contribution in [-0.2, 0) is 4.79 Å². The minimum absolute atomic E-state index is 0.239. The van der Waals surface area contributed by atoms with E-state index >= 15 is 0 Å². The number of rotatable bonds is 5. The Hall–Kier alpha value is -1.45. The first-order valence-corrected chi connectivity index (χ1v) is 7.75. The molecule has 0 saturated carbocycles. The van der Waals surface area contributed by atoms with Gasteiger partial charge in [-0.15, -0.1) is 11.8 Å². The Kier molecular flexibility index (Phi) is 5.10. The molecule has 0 bridgehead atoms. The molecule has 0 aliphatic rings. The number of carbonyl (C=O) groups excluding carboxylic acids is 1. The number of thioether (sulfide) groups is 1. The molecule has 104 valence electrons. The van der Waals surface area contributed by atoms with Crippen LogP contribution in [0.1, 0.15) is 17.7 Å². The molecule has 2 nitrogen and oxygen atoms in total. The van der Waals surface area contributed by atoms with Gasteiger partial charge in [0.1, 0.15) is 0 Å². The highest BCUT2D eigenvalue weighted by molar-refractivity contribution is 8.00. The Morgan fingerprint density at radius 2 is 1.85 bits per heavy atom. The number of amides is 1. The molecule has 2 rings (SSSR count). The normalized spacial score (nSPS) is 12.1. The fourth-order valence-electron chi connectivity index (χ4n) is 1.93. The van der Waals surface area contributed by atoms with Crippen LogP contribution in [0.15, 0.2) is 48.5 Å². The molecule has 2 aromatic carbocycles. The van der Waals surface area contributed by atoms with Crippen LogP contribution in [0.4, 0.5) is 0 Å². The summed E-state index contributed by atoms with van der Waals surface area (Å²) in [6, 6.07) is 16.0. The van der Waals surface area contributed by atoms with Gasteiger partial charge in [0.2, 0.25) is 5.91 Å². The Balaban J connectivity index is 2.14. The summed E-state index contributed by atoms with van der Waals surface area (Å²) in [5, 5.41) is 0.985. The van der Waals surface area contributed by atoms with Gasteiger partial charge in [-0.25, -0.2) is 0 Å². The van der Waals surface area contributed by atoms with E-state index in [0.29, 0.717) is 5.75 Å². The van der Waals surface area contributed by atoms with E-state index in [-0.39, 0.29) is 11.2 Å². The highest BCUT2D eigenvalue weighted by Crippen LogP contribution is 2.31. The lowest BCUT2D eigenvalue weighted by Crippen LogP contribution is -2.13. The zero-order valence-corrected chi connectivity index (χ0v) is 12.7. The summed E-state index contributed by atoms with van der Waals surface area (Å²) in [5.41, 5.74) is 8.45. The molecule has 0 aliphatic carbocycles. The lowest BCUT2D eigenvalue weighted by Gasteiger charge is -2.12. The molecule has 2 aromatic rings. The van der Waals surface area contributed by atoms with Crippen LogP contribution in [0.25, 0.3) is 11.1 Å². The zero-order chi connectivity index (χ0) is 14.5. The fourth-order valence-corrected chi connectivity index (χ4v) is 2.94. The topological polar surface area (TPSA) is 43.1 Å². The SMILES string of the molecule is CC(SCC(N)=O)c1ccc(-c2ccccc2Cl)cc1. The van der Waals surface area contributed by atoms with Crippen LogP contribution in [0.5, 0.6) is 0 Å². The molecule has 1 unspecified atom stereocenters. The minimum atomic E-state index is -0.283. The van der Waals surface area contributed by atoms with Crippen molar-refractivity contribution in [2.45, 2.75) is 12.2 Å². The number of carbonyl (C=O) groups is 1. The number of halogens is 1. The van der Waals surface area contributed by atoms with Crippen LogP contribution in [-0.4, -0.2) is 11.7 Å². The van der Waals surface area contributed by atoms with Gasteiger partial charge in [-0.1, -0.05) is 54.1 Å². The molecule has 2 N–H and O–H groups in total. The smallest absolute Gasteiger partial charge is 0.227 e. The van der Waals surface area contributed by atoms with E-state index < -0.39 is 0 Å². The molecule has 4 heteroatoms. The number of primary amides is 1. The van der Waals surface area contributed by atoms with E-state index in [1.807, 2.05) is 24.3 Å². The molecule has 0 spiro atoms. The molecule has 1 amide bonds. The van der Waals surface area contributed by atoms with Gasteiger partial charge in [0, 0.05) is 15.8 Å².